The van der Waals surface area contributed by atoms with Crippen LogP contribution in [0.1, 0.15) is 34.8 Å². The number of carbonyl (C=O) groups excluding carboxylic acids is 1. The van der Waals surface area contributed by atoms with Crippen molar-refractivity contribution in [1.29, 1.82) is 0 Å². The predicted octanol–water partition coefficient (Wildman–Crippen LogP) is 1.69. The third-order valence-corrected chi connectivity index (χ3v) is 4.39. The number of nitrogens with zero attached hydrogens (tertiary/aromatic N) is 4. The van der Waals surface area contributed by atoms with Crippen LogP contribution >= 0.6 is 0 Å². The topological polar surface area (TPSA) is 69.5 Å². The zero-order chi connectivity index (χ0) is 17.1. The highest BCUT2D eigenvalue weighted by Crippen LogP contribution is 2.28. The molecule has 0 fully saturated rings. The smallest absolute Gasteiger partial charge is 0.260 e. The van der Waals surface area contributed by atoms with E-state index < -0.39 is 0 Å². The molecule has 0 radical (unpaired) electrons. The summed E-state index contributed by atoms with van der Waals surface area (Å²) in [6.07, 6.45) is 4.31. The van der Waals surface area contributed by atoms with E-state index in [2.05, 4.69) is 14.5 Å². The van der Waals surface area contributed by atoms with E-state index in [-0.39, 0.29) is 11.9 Å². The van der Waals surface area contributed by atoms with Gasteiger partial charge in [0.1, 0.15) is 11.4 Å². The van der Waals surface area contributed by atoms with E-state index in [9.17, 15) is 4.79 Å². The second kappa shape index (κ2) is 7.00. The third-order valence-electron chi connectivity index (χ3n) is 4.39. The van der Waals surface area contributed by atoms with Gasteiger partial charge in [-0.2, -0.15) is 0 Å². The van der Waals surface area contributed by atoms with Crippen LogP contribution < -0.4 is 4.74 Å². The number of pyridine rings is 1. The van der Waals surface area contributed by atoms with Crippen LogP contribution in [0.25, 0.3) is 0 Å². The van der Waals surface area contributed by atoms with Crippen molar-refractivity contribution in [3.63, 3.8) is 0 Å². The Kier molecular flexibility index (Phi) is 4.80. The van der Waals surface area contributed by atoms with E-state index in [0.29, 0.717) is 24.6 Å². The molecule has 24 heavy (non-hydrogen) atoms. The Balaban J connectivity index is 1.84. The van der Waals surface area contributed by atoms with Crippen molar-refractivity contribution in [2.24, 2.45) is 0 Å². The largest absolute Gasteiger partial charge is 0.480 e. The second-order valence-electron chi connectivity index (χ2n) is 5.74. The summed E-state index contributed by atoms with van der Waals surface area (Å²) in [7, 11) is 3.21. The van der Waals surface area contributed by atoms with Gasteiger partial charge < -0.3 is 18.9 Å². The number of rotatable bonds is 5. The first-order valence-corrected chi connectivity index (χ1v) is 8.00. The molecule has 1 atom stereocenters. The number of hydrogen-bond acceptors (Lipinski definition) is 5. The fourth-order valence-electron chi connectivity index (χ4n) is 3.11. The maximum atomic E-state index is 12.9. The second-order valence-corrected chi connectivity index (χ2v) is 5.74. The third kappa shape index (κ3) is 2.87. The maximum absolute atomic E-state index is 12.9. The van der Waals surface area contributed by atoms with Crippen molar-refractivity contribution in [2.75, 3.05) is 27.4 Å². The molecule has 7 heteroatoms. The van der Waals surface area contributed by atoms with Gasteiger partial charge in [-0.05, 0) is 19.1 Å². The highest BCUT2D eigenvalue weighted by Gasteiger charge is 2.32. The monoisotopic (exact) mass is 330 g/mol. The summed E-state index contributed by atoms with van der Waals surface area (Å²) in [5.41, 5.74) is 1.62. The fourth-order valence-corrected chi connectivity index (χ4v) is 3.11. The minimum absolute atomic E-state index is 0.0832. The molecule has 0 unspecified atom stereocenters. The summed E-state index contributed by atoms with van der Waals surface area (Å²) in [5, 5.41) is 0. The molecular formula is C17H22N4O3. The molecule has 0 saturated carbocycles. The lowest BCUT2D eigenvalue weighted by molar-refractivity contribution is 0.0631. The molecule has 0 saturated heterocycles. The van der Waals surface area contributed by atoms with Crippen LogP contribution in [-0.2, 0) is 17.7 Å². The van der Waals surface area contributed by atoms with Crippen molar-refractivity contribution in [1.82, 2.24) is 19.4 Å². The number of amides is 1. The molecule has 3 rings (SSSR count). The van der Waals surface area contributed by atoms with Gasteiger partial charge in [-0.15, -0.1) is 0 Å². The van der Waals surface area contributed by atoms with Crippen molar-refractivity contribution in [3.8, 4) is 5.88 Å². The standard InChI is InChI=1S/C17H22N4O3/c1-12-15-19-11-13(6-10-23-2)21(15)9-8-20(12)17(22)14-5-4-7-18-16(14)24-3/h4-5,7,11-12H,6,8-10H2,1-3H3/t12-/m1/s1. The van der Waals surface area contributed by atoms with E-state index in [1.54, 1.807) is 25.4 Å². The summed E-state index contributed by atoms with van der Waals surface area (Å²) in [4.78, 5) is 23.4. The van der Waals surface area contributed by atoms with Gasteiger partial charge in [0, 0.05) is 44.7 Å². The van der Waals surface area contributed by atoms with E-state index in [1.807, 2.05) is 18.0 Å². The Bertz CT molecular complexity index is 728. The Morgan fingerprint density at radius 3 is 2.92 bits per heavy atom. The van der Waals surface area contributed by atoms with Crippen LogP contribution in [0, 0.1) is 0 Å². The molecular weight excluding hydrogens is 308 g/mol. The van der Waals surface area contributed by atoms with Crippen LogP contribution in [0.4, 0.5) is 0 Å². The van der Waals surface area contributed by atoms with Gasteiger partial charge in [0.25, 0.3) is 5.91 Å². The number of imidazole rings is 1. The predicted molar refractivity (Wildman–Crippen MR) is 88.0 cm³/mol. The van der Waals surface area contributed by atoms with Crippen molar-refractivity contribution >= 4 is 5.91 Å². The Morgan fingerprint density at radius 1 is 1.33 bits per heavy atom. The molecule has 1 aliphatic heterocycles. The molecule has 0 aliphatic carbocycles. The lowest BCUT2D eigenvalue weighted by Crippen LogP contribution is -2.41. The highest BCUT2D eigenvalue weighted by atomic mass is 16.5. The van der Waals surface area contributed by atoms with E-state index in [0.717, 1.165) is 24.5 Å². The van der Waals surface area contributed by atoms with Gasteiger partial charge in [0.05, 0.1) is 19.8 Å². The number of ether oxygens (including phenoxy) is 2. The van der Waals surface area contributed by atoms with Gasteiger partial charge in [-0.25, -0.2) is 9.97 Å². The normalized spacial score (nSPS) is 16.8. The summed E-state index contributed by atoms with van der Waals surface area (Å²) in [6, 6.07) is 3.38. The van der Waals surface area contributed by atoms with Crippen LogP contribution in [0.5, 0.6) is 5.88 Å². The quantitative estimate of drug-likeness (QED) is 0.834. The molecule has 0 spiro atoms. The lowest BCUT2D eigenvalue weighted by atomic mass is 10.1. The minimum Gasteiger partial charge on any atom is -0.480 e. The summed E-state index contributed by atoms with van der Waals surface area (Å²) in [5.74, 6) is 1.17. The van der Waals surface area contributed by atoms with Crippen LogP contribution in [-0.4, -0.2) is 52.7 Å². The number of fused-ring (bicyclic) bond motifs is 1. The number of carbonyl (C=O) groups is 1. The molecule has 1 aliphatic rings. The molecule has 0 N–H and O–H groups in total. The van der Waals surface area contributed by atoms with Crippen molar-refractivity contribution < 1.29 is 14.3 Å². The Morgan fingerprint density at radius 2 is 2.17 bits per heavy atom. The average molecular weight is 330 g/mol. The van der Waals surface area contributed by atoms with E-state index in [4.69, 9.17) is 9.47 Å². The van der Waals surface area contributed by atoms with Crippen LogP contribution in [0.3, 0.4) is 0 Å². The molecule has 7 nitrogen and oxygen atoms in total. The summed E-state index contributed by atoms with van der Waals surface area (Å²) in [6.45, 7) is 4.02. The molecule has 0 aromatic carbocycles. The minimum atomic E-state index is -0.104. The lowest BCUT2D eigenvalue weighted by Gasteiger charge is -2.34. The fraction of sp³-hybridized carbons (Fsp3) is 0.471. The summed E-state index contributed by atoms with van der Waals surface area (Å²) < 4.78 is 12.6. The van der Waals surface area contributed by atoms with Crippen LogP contribution in [0.2, 0.25) is 0 Å². The number of aromatic nitrogens is 3. The zero-order valence-electron chi connectivity index (χ0n) is 14.2. The Labute approximate surface area is 141 Å². The molecule has 128 valence electrons. The first-order valence-electron chi connectivity index (χ1n) is 8.00. The van der Waals surface area contributed by atoms with E-state index in [1.165, 1.54) is 7.11 Å². The van der Waals surface area contributed by atoms with Gasteiger partial charge in [-0.1, -0.05) is 0 Å². The van der Waals surface area contributed by atoms with Crippen molar-refractivity contribution in [3.05, 3.63) is 41.6 Å². The number of hydrogen-bond donors (Lipinski definition) is 0. The van der Waals surface area contributed by atoms with Crippen LogP contribution in [0.15, 0.2) is 24.5 Å². The van der Waals surface area contributed by atoms with Gasteiger partial charge in [0.15, 0.2) is 0 Å². The highest BCUT2D eigenvalue weighted by molar-refractivity contribution is 5.96. The van der Waals surface area contributed by atoms with E-state index >= 15 is 0 Å². The van der Waals surface area contributed by atoms with Crippen molar-refractivity contribution in [2.45, 2.75) is 25.9 Å². The van der Waals surface area contributed by atoms with Gasteiger partial charge in [0.2, 0.25) is 5.88 Å². The first-order chi connectivity index (χ1) is 11.7. The molecule has 3 heterocycles. The summed E-state index contributed by atoms with van der Waals surface area (Å²) >= 11 is 0. The van der Waals surface area contributed by atoms with Gasteiger partial charge >= 0.3 is 0 Å². The van der Waals surface area contributed by atoms with Gasteiger partial charge in [-0.3, -0.25) is 4.79 Å². The molecule has 0 bridgehead atoms. The maximum Gasteiger partial charge on any atom is 0.260 e. The first kappa shape index (κ1) is 16.4. The SMILES string of the molecule is COCCc1cnc2n1CCN(C(=O)c1cccnc1OC)[C@@H]2C. The molecule has 2 aromatic heterocycles. The zero-order valence-corrected chi connectivity index (χ0v) is 14.2. The Hall–Kier alpha value is -2.41. The number of methoxy groups -OCH3 is 2. The molecule has 2 aromatic rings. The molecule has 1 amide bonds. The average Bonchev–Trinajstić information content (AvgIpc) is 3.03.